The third kappa shape index (κ3) is 6.90. The molecule has 1 N–H and O–H groups in total. The number of nitrogens with zero attached hydrogens (tertiary/aromatic N) is 2. The summed E-state index contributed by atoms with van der Waals surface area (Å²) >= 11 is 1.60. The molecule has 2 aromatic carbocycles. The van der Waals surface area contributed by atoms with Crippen molar-refractivity contribution in [2.75, 3.05) is 18.4 Å². The highest BCUT2D eigenvalue weighted by atomic mass is 32.1. The molecule has 0 aliphatic heterocycles. The van der Waals surface area contributed by atoms with Crippen LogP contribution in [0.15, 0.2) is 60.0 Å². The molecule has 3 amide bonds. The maximum atomic E-state index is 13.5. The number of anilines is 1. The average Bonchev–Trinajstić information content (AvgIpc) is 3.24. The van der Waals surface area contributed by atoms with E-state index in [1.165, 1.54) is 12.1 Å². The summed E-state index contributed by atoms with van der Waals surface area (Å²) in [4.78, 5) is 30.9. The van der Waals surface area contributed by atoms with E-state index in [9.17, 15) is 14.0 Å². The molecular formula is C27H32FN3O2S. The zero-order chi connectivity index (χ0) is 24.5. The van der Waals surface area contributed by atoms with Crippen LogP contribution in [0.3, 0.4) is 0 Å². The lowest BCUT2D eigenvalue weighted by molar-refractivity contribution is -0.133. The Labute approximate surface area is 205 Å². The number of halogens is 1. The minimum absolute atomic E-state index is 0.0282. The molecule has 1 aromatic heterocycles. The molecule has 0 aliphatic rings. The molecule has 3 rings (SSSR count). The highest BCUT2D eigenvalue weighted by molar-refractivity contribution is 7.10. The molecule has 0 fully saturated rings. The number of carbonyl (C=O) groups is 2. The van der Waals surface area contributed by atoms with E-state index in [1.54, 1.807) is 33.3 Å². The van der Waals surface area contributed by atoms with E-state index < -0.39 is 0 Å². The van der Waals surface area contributed by atoms with Crippen LogP contribution in [0.1, 0.15) is 41.8 Å². The van der Waals surface area contributed by atoms with Gasteiger partial charge in [0.25, 0.3) is 0 Å². The molecule has 0 spiro atoms. The van der Waals surface area contributed by atoms with Crippen molar-refractivity contribution in [1.82, 2.24) is 9.80 Å². The Balaban J connectivity index is 1.77. The first kappa shape index (κ1) is 25.4. The summed E-state index contributed by atoms with van der Waals surface area (Å²) in [5.41, 5.74) is 3.78. The van der Waals surface area contributed by atoms with Crippen LogP contribution in [-0.4, -0.2) is 34.8 Å². The van der Waals surface area contributed by atoms with Crippen molar-refractivity contribution >= 4 is 29.0 Å². The number of aryl methyl sites for hydroxylation is 2. The molecular weight excluding hydrogens is 449 g/mol. The van der Waals surface area contributed by atoms with Gasteiger partial charge in [-0.2, -0.15) is 0 Å². The summed E-state index contributed by atoms with van der Waals surface area (Å²) in [6, 6.07) is 15.6. The molecule has 3 aromatic rings. The van der Waals surface area contributed by atoms with Crippen LogP contribution in [0.4, 0.5) is 14.9 Å². The van der Waals surface area contributed by atoms with Gasteiger partial charge in [-0.05, 0) is 66.1 Å². The minimum Gasteiger partial charge on any atom is -0.332 e. The second kappa shape index (κ2) is 12.3. The van der Waals surface area contributed by atoms with Crippen LogP contribution in [0.25, 0.3) is 0 Å². The predicted octanol–water partition coefficient (Wildman–Crippen LogP) is 6.23. The normalized spacial score (nSPS) is 10.7. The molecule has 0 saturated carbocycles. The largest absolute Gasteiger partial charge is 0.332 e. The lowest BCUT2D eigenvalue weighted by atomic mass is 10.1. The van der Waals surface area contributed by atoms with Gasteiger partial charge in [0.15, 0.2) is 0 Å². The van der Waals surface area contributed by atoms with Crippen molar-refractivity contribution in [3.05, 3.63) is 87.4 Å². The van der Waals surface area contributed by atoms with E-state index in [1.807, 2.05) is 56.5 Å². The number of hydrogen-bond donors (Lipinski definition) is 1. The number of urea groups is 1. The van der Waals surface area contributed by atoms with Gasteiger partial charge in [0.05, 0.1) is 6.54 Å². The van der Waals surface area contributed by atoms with E-state index >= 15 is 0 Å². The number of nitrogens with one attached hydrogen (secondary N) is 1. The van der Waals surface area contributed by atoms with Gasteiger partial charge < -0.3 is 15.1 Å². The van der Waals surface area contributed by atoms with Crippen LogP contribution in [0.5, 0.6) is 0 Å². The van der Waals surface area contributed by atoms with E-state index in [4.69, 9.17) is 0 Å². The summed E-state index contributed by atoms with van der Waals surface area (Å²) in [7, 11) is 0. The SMILES string of the molecule is CCCN(CC(=O)N(Cc1ccc(F)cc1)Cc1sccc1C)C(=O)Nc1ccccc1CC. The highest BCUT2D eigenvalue weighted by Crippen LogP contribution is 2.20. The first-order valence-electron chi connectivity index (χ1n) is 11.6. The van der Waals surface area contributed by atoms with Gasteiger partial charge in [-0.15, -0.1) is 11.3 Å². The maximum absolute atomic E-state index is 13.5. The Bertz CT molecular complexity index is 1100. The number of carbonyl (C=O) groups excluding carboxylic acids is 2. The number of hydrogen-bond acceptors (Lipinski definition) is 3. The van der Waals surface area contributed by atoms with E-state index in [0.717, 1.165) is 40.1 Å². The molecule has 180 valence electrons. The van der Waals surface area contributed by atoms with Gasteiger partial charge in [-0.3, -0.25) is 4.79 Å². The van der Waals surface area contributed by atoms with Crippen molar-refractivity contribution < 1.29 is 14.0 Å². The van der Waals surface area contributed by atoms with E-state index in [0.29, 0.717) is 19.6 Å². The quantitative estimate of drug-likeness (QED) is 0.373. The molecule has 5 nitrogen and oxygen atoms in total. The molecule has 34 heavy (non-hydrogen) atoms. The van der Waals surface area contributed by atoms with Crippen LogP contribution in [0, 0.1) is 12.7 Å². The van der Waals surface area contributed by atoms with E-state index in [-0.39, 0.29) is 24.3 Å². The smallest absolute Gasteiger partial charge is 0.322 e. The van der Waals surface area contributed by atoms with Crippen molar-refractivity contribution in [1.29, 1.82) is 0 Å². The Morgan fingerprint density at radius 2 is 1.71 bits per heavy atom. The number of para-hydroxylation sites is 1. The number of rotatable bonds is 10. The zero-order valence-corrected chi connectivity index (χ0v) is 20.8. The fourth-order valence-electron chi connectivity index (χ4n) is 3.71. The Morgan fingerprint density at radius 3 is 2.35 bits per heavy atom. The van der Waals surface area contributed by atoms with Crippen molar-refractivity contribution in [3.63, 3.8) is 0 Å². The molecule has 1 heterocycles. The highest BCUT2D eigenvalue weighted by Gasteiger charge is 2.23. The summed E-state index contributed by atoms with van der Waals surface area (Å²) < 4.78 is 13.4. The minimum atomic E-state index is -0.311. The molecule has 0 bridgehead atoms. The summed E-state index contributed by atoms with van der Waals surface area (Å²) in [5, 5.41) is 4.99. The average molecular weight is 482 g/mol. The number of benzene rings is 2. The molecule has 0 saturated heterocycles. The molecule has 0 radical (unpaired) electrons. The van der Waals surface area contributed by atoms with Crippen LogP contribution in [0.2, 0.25) is 0 Å². The van der Waals surface area contributed by atoms with Gasteiger partial charge in [0, 0.05) is 23.7 Å². The van der Waals surface area contributed by atoms with Crippen LogP contribution in [-0.2, 0) is 24.3 Å². The molecule has 7 heteroatoms. The number of thiophene rings is 1. The van der Waals surface area contributed by atoms with E-state index in [2.05, 4.69) is 5.32 Å². The third-order valence-corrected chi connectivity index (χ3v) is 6.70. The lowest BCUT2D eigenvalue weighted by Crippen LogP contribution is -2.44. The van der Waals surface area contributed by atoms with Gasteiger partial charge in [-0.1, -0.05) is 44.2 Å². The molecule has 0 aliphatic carbocycles. The van der Waals surface area contributed by atoms with Gasteiger partial charge in [0.2, 0.25) is 5.91 Å². The van der Waals surface area contributed by atoms with Crippen molar-refractivity contribution in [3.8, 4) is 0 Å². The van der Waals surface area contributed by atoms with Gasteiger partial charge >= 0.3 is 6.03 Å². The monoisotopic (exact) mass is 481 g/mol. The maximum Gasteiger partial charge on any atom is 0.322 e. The molecule has 0 unspecified atom stereocenters. The van der Waals surface area contributed by atoms with Crippen LogP contribution < -0.4 is 5.32 Å². The van der Waals surface area contributed by atoms with Crippen molar-refractivity contribution in [2.24, 2.45) is 0 Å². The first-order valence-corrected chi connectivity index (χ1v) is 12.5. The van der Waals surface area contributed by atoms with Crippen LogP contribution >= 0.6 is 11.3 Å². The summed E-state index contributed by atoms with van der Waals surface area (Å²) in [6.07, 6.45) is 1.53. The lowest BCUT2D eigenvalue weighted by Gasteiger charge is -2.28. The number of amides is 3. The topological polar surface area (TPSA) is 52.7 Å². The molecule has 0 atom stereocenters. The Hall–Kier alpha value is -3.19. The van der Waals surface area contributed by atoms with Crippen molar-refractivity contribution in [2.45, 2.75) is 46.7 Å². The van der Waals surface area contributed by atoms with Gasteiger partial charge in [-0.25, -0.2) is 9.18 Å². The first-order chi connectivity index (χ1) is 16.4. The standard InChI is InChI=1S/C27H32FN3O2S/c1-4-15-30(27(33)29-24-9-7-6-8-22(24)5-2)19-26(32)31(18-25-20(3)14-16-34-25)17-21-10-12-23(28)13-11-21/h6-14,16H,4-5,15,17-19H2,1-3H3,(H,29,33). The second-order valence-corrected chi connectivity index (χ2v) is 9.27. The summed E-state index contributed by atoms with van der Waals surface area (Å²) in [6.45, 7) is 7.27. The Kier molecular flexibility index (Phi) is 9.22. The third-order valence-electron chi connectivity index (χ3n) is 5.69. The summed E-state index contributed by atoms with van der Waals surface area (Å²) in [5.74, 6) is -0.460. The zero-order valence-electron chi connectivity index (χ0n) is 20.0. The fourth-order valence-corrected chi connectivity index (χ4v) is 4.63. The second-order valence-electron chi connectivity index (χ2n) is 8.27. The van der Waals surface area contributed by atoms with Gasteiger partial charge in [0.1, 0.15) is 12.4 Å². The fraction of sp³-hybridized carbons (Fsp3) is 0.333. The predicted molar refractivity (Wildman–Crippen MR) is 136 cm³/mol. The Morgan fingerprint density at radius 1 is 0.971 bits per heavy atom.